The summed E-state index contributed by atoms with van der Waals surface area (Å²) in [6.07, 6.45) is -3.59. The van der Waals surface area contributed by atoms with Gasteiger partial charge in [0.2, 0.25) is 0 Å². The SMILES string of the molecule is CCC(C)n1c(COc2ccccc2Cl)nc2cc(C(F)(F)F)ccc21. The van der Waals surface area contributed by atoms with Crippen LogP contribution in [0, 0.1) is 0 Å². The lowest BCUT2D eigenvalue weighted by atomic mass is 10.2. The molecule has 2 aromatic carbocycles. The number of aromatic nitrogens is 2. The van der Waals surface area contributed by atoms with E-state index in [-0.39, 0.29) is 12.6 Å². The third-order valence-corrected chi connectivity index (χ3v) is 4.63. The lowest BCUT2D eigenvalue weighted by molar-refractivity contribution is -0.137. The molecule has 26 heavy (non-hydrogen) atoms. The number of ether oxygens (including phenoxy) is 1. The van der Waals surface area contributed by atoms with Crippen molar-refractivity contribution in [2.24, 2.45) is 0 Å². The molecule has 0 amide bonds. The summed E-state index contributed by atoms with van der Waals surface area (Å²) in [5, 5.41) is 0.470. The molecular weight excluding hydrogens is 365 g/mol. The molecule has 1 atom stereocenters. The zero-order valence-electron chi connectivity index (χ0n) is 14.3. The third-order valence-electron chi connectivity index (χ3n) is 4.31. The van der Waals surface area contributed by atoms with Crippen molar-refractivity contribution in [3.05, 3.63) is 58.9 Å². The maximum atomic E-state index is 13.0. The van der Waals surface area contributed by atoms with E-state index in [9.17, 15) is 13.2 Å². The molecule has 1 unspecified atom stereocenters. The molecule has 0 aliphatic heterocycles. The number of rotatable bonds is 5. The second kappa shape index (κ2) is 7.19. The first kappa shape index (κ1) is 18.6. The van der Waals surface area contributed by atoms with Gasteiger partial charge >= 0.3 is 6.18 Å². The largest absolute Gasteiger partial charge is 0.484 e. The minimum absolute atomic E-state index is 0.0709. The molecule has 0 saturated heterocycles. The van der Waals surface area contributed by atoms with Crippen LogP contribution in [0.3, 0.4) is 0 Å². The highest BCUT2D eigenvalue weighted by Gasteiger charge is 2.31. The number of para-hydroxylation sites is 1. The van der Waals surface area contributed by atoms with Crippen LogP contribution in [0.25, 0.3) is 11.0 Å². The van der Waals surface area contributed by atoms with E-state index >= 15 is 0 Å². The molecule has 0 bridgehead atoms. The lowest BCUT2D eigenvalue weighted by Crippen LogP contribution is -2.11. The molecule has 0 radical (unpaired) electrons. The first-order chi connectivity index (χ1) is 12.3. The van der Waals surface area contributed by atoms with E-state index in [1.165, 1.54) is 6.07 Å². The number of benzene rings is 2. The zero-order chi connectivity index (χ0) is 18.9. The monoisotopic (exact) mass is 382 g/mol. The number of alkyl halides is 3. The Kier molecular flexibility index (Phi) is 5.14. The molecule has 7 heteroatoms. The van der Waals surface area contributed by atoms with E-state index in [0.717, 1.165) is 18.6 Å². The fourth-order valence-corrected chi connectivity index (χ4v) is 3.00. The summed E-state index contributed by atoms with van der Waals surface area (Å²) in [5.74, 6) is 1.07. The van der Waals surface area contributed by atoms with Crippen LogP contribution in [0.1, 0.15) is 37.7 Å². The van der Waals surface area contributed by atoms with Gasteiger partial charge < -0.3 is 9.30 Å². The summed E-state index contributed by atoms with van der Waals surface area (Å²) in [4.78, 5) is 4.40. The molecule has 3 rings (SSSR count). The number of hydrogen-bond donors (Lipinski definition) is 0. The summed E-state index contributed by atoms with van der Waals surface area (Å²) >= 11 is 6.09. The number of imidazole rings is 1. The fourth-order valence-electron chi connectivity index (χ4n) is 2.81. The maximum Gasteiger partial charge on any atom is 0.416 e. The quantitative estimate of drug-likeness (QED) is 0.520. The van der Waals surface area contributed by atoms with Crippen molar-refractivity contribution in [3.8, 4) is 5.75 Å². The Morgan fingerprint density at radius 2 is 1.92 bits per heavy atom. The van der Waals surface area contributed by atoms with Gasteiger partial charge in [-0.3, -0.25) is 0 Å². The van der Waals surface area contributed by atoms with E-state index in [1.807, 2.05) is 18.4 Å². The van der Waals surface area contributed by atoms with Crippen molar-refractivity contribution in [1.82, 2.24) is 9.55 Å². The molecule has 3 nitrogen and oxygen atoms in total. The van der Waals surface area contributed by atoms with Crippen molar-refractivity contribution in [2.45, 2.75) is 39.1 Å². The molecule has 3 aromatic rings. The number of fused-ring (bicyclic) bond motifs is 1. The molecule has 0 fully saturated rings. The predicted octanol–water partition coefficient (Wildman–Crippen LogP) is 6.26. The van der Waals surface area contributed by atoms with Gasteiger partial charge in [0.15, 0.2) is 0 Å². The molecular formula is C19H18ClF3N2O. The minimum Gasteiger partial charge on any atom is -0.484 e. The number of hydrogen-bond acceptors (Lipinski definition) is 2. The first-order valence-corrected chi connectivity index (χ1v) is 8.64. The summed E-state index contributed by atoms with van der Waals surface area (Å²) in [5.41, 5.74) is 0.250. The van der Waals surface area contributed by atoms with E-state index in [0.29, 0.717) is 27.6 Å². The van der Waals surface area contributed by atoms with Gasteiger partial charge in [-0.15, -0.1) is 0 Å². The summed E-state index contributed by atoms with van der Waals surface area (Å²) in [6.45, 7) is 4.13. The normalized spacial score (nSPS) is 13.2. The number of halogens is 4. The Bertz CT molecular complexity index is 921. The van der Waals surface area contributed by atoms with E-state index in [1.54, 1.807) is 24.3 Å². The second-order valence-corrected chi connectivity index (χ2v) is 6.48. The highest BCUT2D eigenvalue weighted by Crippen LogP contribution is 2.33. The molecule has 0 saturated carbocycles. The van der Waals surface area contributed by atoms with Gasteiger partial charge in [-0.1, -0.05) is 30.7 Å². The number of nitrogens with zero attached hydrogens (tertiary/aromatic N) is 2. The molecule has 1 aromatic heterocycles. The summed E-state index contributed by atoms with van der Waals surface area (Å²) < 4.78 is 46.6. The van der Waals surface area contributed by atoms with Gasteiger partial charge in [0.25, 0.3) is 0 Å². The predicted molar refractivity (Wildman–Crippen MR) is 95.5 cm³/mol. The Morgan fingerprint density at radius 3 is 2.58 bits per heavy atom. The van der Waals surface area contributed by atoms with Gasteiger partial charge in [-0.25, -0.2) is 4.98 Å². The third kappa shape index (κ3) is 3.65. The highest BCUT2D eigenvalue weighted by atomic mass is 35.5. The van der Waals surface area contributed by atoms with Gasteiger partial charge in [-0.05, 0) is 43.7 Å². The van der Waals surface area contributed by atoms with Crippen molar-refractivity contribution in [1.29, 1.82) is 0 Å². The Balaban J connectivity index is 2.01. The minimum atomic E-state index is -4.40. The average Bonchev–Trinajstić information content (AvgIpc) is 2.97. The van der Waals surface area contributed by atoms with Crippen LogP contribution in [0.15, 0.2) is 42.5 Å². The van der Waals surface area contributed by atoms with E-state index in [4.69, 9.17) is 16.3 Å². The molecule has 0 aliphatic carbocycles. The van der Waals surface area contributed by atoms with Crippen LogP contribution in [0.4, 0.5) is 13.2 Å². The molecule has 0 aliphatic rings. The second-order valence-electron chi connectivity index (χ2n) is 6.08. The van der Waals surface area contributed by atoms with Gasteiger partial charge in [0.1, 0.15) is 18.2 Å². The molecule has 138 valence electrons. The lowest BCUT2D eigenvalue weighted by Gasteiger charge is -2.16. The van der Waals surface area contributed by atoms with Crippen LogP contribution in [-0.4, -0.2) is 9.55 Å². The van der Waals surface area contributed by atoms with Crippen molar-refractivity contribution < 1.29 is 17.9 Å². The Labute approximate surface area is 154 Å². The van der Waals surface area contributed by atoms with Crippen molar-refractivity contribution in [2.75, 3.05) is 0 Å². The zero-order valence-corrected chi connectivity index (χ0v) is 15.1. The van der Waals surface area contributed by atoms with E-state index in [2.05, 4.69) is 4.98 Å². The smallest absolute Gasteiger partial charge is 0.416 e. The summed E-state index contributed by atoms with van der Waals surface area (Å²) in [7, 11) is 0. The highest BCUT2D eigenvalue weighted by molar-refractivity contribution is 6.32. The molecule has 0 spiro atoms. The van der Waals surface area contributed by atoms with E-state index < -0.39 is 11.7 Å². The molecule has 1 heterocycles. The fraction of sp³-hybridized carbons (Fsp3) is 0.316. The Hall–Kier alpha value is -2.21. The average molecular weight is 383 g/mol. The Morgan fingerprint density at radius 1 is 1.19 bits per heavy atom. The first-order valence-electron chi connectivity index (χ1n) is 8.26. The van der Waals surface area contributed by atoms with Crippen molar-refractivity contribution >= 4 is 22.6 Å². The standard InChI is InChI=1S/C19H18ClF3N2O/c1-3-12(2)25-16-9-8-13(19(21,22)23)10-15(16)24-18(25)11-26-17-7-5-4-6-14(17)20/h4-10,12H,3,11H2,1-2H3. The van der Waals surface area contributed by atoms with Crippen LogP contribution >= 0.6 is 11.6 Å². The van der Waals surface area contributed by atoms with Gasteiger partial charge in [-0.2, -0.15) is 13.2 Å². The van der Waals surface area contributed by atoms with Crippen LogP contribution in [-0.2, 0) is 12.8 Å². The van der Waals surface area contributed by atoms with Gasteiger partial charge in [0.05, 0.1) is 21.6 Å². The molecule has 0 N–H and O–H groups in total. The van der Waals surface area contributed by atoms with Crippen LogP contribution < -0.4 is 4.74 Å². The maximum absolute atomic E-state index is 13.0. The van der Waals surface area contributed by atoms with Crippen molar-refractivity contribution in [3.63, 3.8) is 0 Å². The topological polar surface area (TPSA) is 27.1 Å². The van der Waals surface area contributed by atoms with Crippen LogP contribution in [0.5, 0.6) is 5.75 Å². The van der Waals surface area contributed by atoms with Gasteiger partial charge in [0, 0.05) is 6.04 Å². The summed E-state index contributed by atoms with van der Waals surface area (Å²) in [6, 6.07) is 10.7. The van der Waals surface area contributed by atoms with Crippen LogP contribution in [0.2, 0.25) is 5.02 Å².